The fourth-order valence-corrected chi connectivity index (χ4v) is 8.89. The Labute approximate surface area is 303 Å². The van der Waals surface area contributed by atoms with Crippen LogP contribution >= 0.6 is 0 Å². The molecule has 0 unspecified atom stereocenters. The molecule has 9 aromatic rings. The van der Waals surface area contributed by atoms with Crippen molar-refractivity contribution in [2.45, 2.75) is 18.3 Å². The van der Waals surface area contributed by atoms with Gasteiger partial charge in [0.15, 0.2) is 0 Å². The molecule has 0 radical (unpaired) electrons. The number of hydrogen-bond donors (Lipinski definition) is 0. The van der Waals surface area contributed by atoms with Gasteiger partial charge in [-0.05, 0) is 109 Å². The third-order valence-electron chi connectivity index (χ3n) is 11.5. The van der Waals surface area contributed by atoms with Gasteiger partial charge in [-0.2, -0.15) is 0 Å². The maximum Gasteiger partial charge on any atom is 0.0703 e. The highest BCUT2D eigenvalue weighted by Crippen LogP contribution is 2.61. The van der Waals surface area contributed by atoms with Crippen molar-refractivity contribution in [2.75, 3.05) is 4.90 Å². The number of benzene rings is 8. The second kappa shape index (κ2) is 11.2. The van der Waals surface area contributed by atoms with E-state index in [0.717, 1.165) is 28.3 Å². The van der Waals surface area contributed by atoms with E-state index in [2.05, 4.69) is 181 Å². The molecule has 1 saturated carbocycles. The molecule has 0 amide bonds. The SMILES string of the molecule is c1ccc(-c2ccccc2N(c2ccc(-c3ccc4c(c3)C3(CC3)c3cccc5cccc-4c35)nc2)c2ccc3c(ccc4ccccc43)c2)cc1. The number of rotatable bonds is 5. The summed E-state index contributed by atoms with van der Waals surface area (Å²) >= 11 is 0. The molecule has 244 valence electrons. The van der Waals surface area contributed by atoms with Gasteiger partial charge in [0.1, 0.15) is 0 Å². The van der Waals surface area contributed by atoms with Crippen LogP contribution in [0.1, 0.15) is 24.0 Å². The summed E-state index contributed by atoms with van der Waals surface area (Å²) in [7, 11) is 0. The molecule has 2 aliphatic carbocycles. The molecule has 0 aliphatic heterocycles. The van der Waals surface area contributed by atoms with Crippen LogP contribution in [0.3, 0.4) is 0 Å². The minimum absolute atomic E-state index is 0.110. The standard InChI is InChI=1S/C50H34N2/c1-2-10-33(11-3-1)42-16-6-7-19-48(42)52(38-23-26-41-36(30-38)21-20-34-12-4-5-15-40(34)41)39-24-27-47(51-32-39)37-22-25-43-44-17-8-13-35-14-9-18-45(49(35)44)50(28-29-50)46(43)31-37/h1-27,30-32H,28-29H2. The van der Waals surface area contributed by atoms with Crippen LogP contribution in [0, 0.1) is 0 Å². The lowest BCUT2D eigenvalue weighted by molar-refractivity contribution is 0.853. The van der Waals surface area contributed by atoms with Crippen molar-refractivity contribution in [3.63, 3.8) is 0 Å². The van der Waals surface area contributed by atoms with Crippen LogP contribution in [0.2, 0.25) is 0 Å². The Hall–Kier alpha value is -6.51. The highest BCUT2D eigenvalue weighted by Gasteiger charge is 2.50. The lowest BCUT2D eigenvalue weighted by Gasteiger charge is -2.29. The summed E-state index contributed by atoms with van der Waals surface area (Å²) in [5.74, 6) is 0. The van der Waals surface area contributed by atoms with Gasteiger partial charge >= 0.3 is 0 Å². The molecule has 1 fully saturated rings. The molecule has 52 heavy (non-hydrogen) atoms. The molecule has 0 bridgehead atoms. The van der Waals surface area contributed by atoms with Crippen LogP contribution in [0.4, 0.5) is 17.1 Å². The van der Waals surface area contributed by atoms with Crippen LogP contribution in [-0.4, -0.2) is 4.98 Å². The smallest absolute Gasteiger partial charge is 0.0703 e. The predicted molar refractivity (Wildman–Crippen MR) is 218 cm³/mol. The second-order valence-corrected chi connectivity index (χ2v) is 14.4. The first-order valence-corrected chi connectivity index (χ1v) is 18.2. The van der Waals surface area contributed by atoms with Gasteiger partial charge in [-0.3, -0.25) is 4.98 Å². The number of para-hydroxylation sites is 1. The summed E-state index contributed by atoms with van der Waals surface area (Å²) in [4.78, 5) is 7.54. The van der Waals surface area contributed by atoms with E-state index in [9.17, 15) is 0 Å². The van der Waals surface area contributed by atoms with Crippen molar-refractivity contribution in [2.24, 2.45) is 0 Å². The minimum atomic E-state index is 0.110. The Bertz CT molecular complexity index is 2840. The van der Waals surface area contributed by atoms with E-state index in [4.69, 9.17) is 4.98 Å². The van der Waals surface area contributed by atoms with Crippen LogP contribution in [0.15, 0.2) is 182 Å². The molecule has 1 spiro atoms. The maximum absolute atomic E-state index is 5.18. The summed E-state index contributed by atoms with van der Waals surface area (Å²) in [5, 5.41) is 7.76. The number of fused-ring (bicyclic) bond motifs is 7. The highest BCUT2D eigenvalue weighted by molar-refractivity contribution is 6.09. The van der Waals surface area contributed by atoms with Crippen LogP contribution in [0.5, 0.6) is 0 Å². The molecule has 2 aliphatic rings. The molecule has 0 saturated heterocycles. The fraction of sp³-hybridized carbons (Fsp3) is 0.0600. The first-order chi connectivity index (χ1) is 25.7. The van der Waals surface area contributed by atoms with Crippen molar-refractivity contribution in [3.05, 3.63) is 193 Å². The van der Waals surface area contributed by atoms with E-state index < -0.39 is 0 Å². The number of nitrogens with zero attached hydrogens (tertiary/aromatic N) is 2. The Kier molecular flexibility index (Phi) is 6.33. The summed E-state index contributed by atoms with van der Waals surface area (Å²) in [5.41, 5.74) is 13.5. The van der Waals surface area contributed by atoms with Gasteiger partial charge in [-0.1, -0.05) is 140 Å². The number of anilines is 3. The topological polar surface area (TPSA) is 16.1 Å². The number of hydrogen-bond acceptors (Lipinski definition) is 2. The summed E-state index contributed by atoms with van der Waals surface area (Å²) < 4.78 is 0. The first-order valence-electron chi connectivity index (χ1n) is 18.2. The fourth-order valence-electron chi connectivity index (χ4n) is 8.89. The monoisotopic (exact) mass is 662 g/mol. The molecule has 0 atom stereocenters. The third kappa shape index (κ3) is 4.41. The Morgan fingerprint density at radius 1 is 0.442 bits per heavy atom. The number of aromatic nitrogens is 1. The van der Waals surface area contributed by atoms with Gasteiger partial charge < -0.3 is 4.90 Å². The quantitative estimate of drug-likeness (QED) is 0.171. The van der Waals surface area contributed by atoms with Crippen molar-refractivity contribution >= 4 is 49.4 Å². The first kappa shape index (κ1) is 29.2. The molecule has 2 heteroatoms. The predicted octanol–water partition coefficient (Wildman–Crippen LogP) is 13.4. The van der Waals surface area contributed by atoms with Crippen molar-refractivity contribution in [3.8, 4) is 33.5 Å². The largest absolute Gasteiger partial charge is 0.308 e. The Balaban J connectivity index is 1.04. The molecule has 2 nitrogen and oxygen atoms in total. The maximum atomic E-state index is 5.18. The van der Waals surface area contributed by atoms with E-state index >= 15 is 0 Å². The second-order valence-electron chi connectivity index (χ2n) is 14.4. The highest BCUT2D eigenvalue weighted by atomic mass is 15.1. The molecule has 8 aromatic carbocycles. The van der Waals surface area contributed by atoms with Crippen LogP contribution in [-0.2, 0) is 5.41 Å². The zero-order chi connectivity index (χ0) is 34.2. The van der Waals surface area contributed by atoms with Gasteiger partial charge in [-0.25, -0.2) is 0 Å². The van der Waals surface area contributed by atoms with E-state index in [-0.39, 0.29) is 5.41 Å². The summed E-state index contributed by atoms with van der Waals surface area (Å²) in [6.45, 7) is 0. The summed E-state index contributed by atoms with van der Waals surface area (Å²) in [6, 6.07) is 64.3. The Morgan fingerprint density at radius 3 is 2.04 bits per heavy atom. The molecule has 1 heterocycles. The van der Waals surface area contributed by atoms with E-state index in [0.29, 0.717) is 0 Å². The van der Waals surface area contributed by atoms with Gasteiger partial charge in [0.2, 0.25) is 0 Å². The molecular formula is C50H34N2. The molecule has 1 aromatic heterocycles. The minimum Gasteiger partial charge on any atom is -0.308 e. The van der Waals surface area contributed by atoms with Crippen LogP contribution in [0.25, 0.3) is 65.8 Å². The lowest BCUT2D eigenvalue weighted by atomic mass is 9.74. The Morgan fingerprint density at radius 2 is 1.17 bits per heavy atom. The van der Waals surface area contributed by atoms with Gasteiger partial charge in [0.25, 0.3) is 0 Å². The van der Waals surface area contributed by atoms with Gasteiger partial charge in [0.05, 0.1) is 23.3 Å². The van der Waals surface area contributed by atoms with Gasteiger partial charge in [-0.15, -0.1) is 0 Å². The van der Waals surface area contributed by atoms with Crippen molar-refractivity contribution in [1.29, 1.82) is 0 Å². The average Bonchev–Trinajstić information content (AvgIpc) is 4.02. The van der Waals surface area contributed by atoms with Crippen molar-refractivity contribution in [1.82, 2.24) is 4.98 Å². The molecular weight excluding hydrogens is 629 g/mol. The zero-order valence-electron chi connectivity index (χ0n) is 28.6. The van der Waals surface area contributed by atoms with E-state index in [1.807, 2.05) is 6.20 Å². The zero-order valence-corrected chi connectivity index (χ0v) is 28.6. The van der Waals surface area contributed by atoms with Gasteiger partial charge in [0, 0.05) is 22.2 Å². The lowest BCUT2D eigenvalue weighted by Crippen LogP contribution is -2.15. The summed E-state index contributed by atoms with van der Waals surface area (Å²) in [6.07, 6.45) is 4.44. The molecule has 11 rings (SSSR count). The van der Waals surface area contributed by atoms with Crippen LogP contribution < -0.4 is 4.90 Å². The third-order valence-corrected chi connectivity index (χ3v) is 11.5. The molecule has 0 N–H and O–H groups in total. The normalized spacial score (nSPS) is 13.8. The van der Waals surface area contributed by atoms with Crippen molar-refractivity contribution < 1.29 is 0 Å². The van der Waals surface area contributed by atoms with E-state index in [1.54, 1.807) is 0 Å². The van der Waals surface area contributed by atoms with E-state index in [1.165, 1.54) is 78.5 Å². The average molecular weight is 663 g/mol. The number of pyridine rings is 1.